The van der Waals surface area contributed by atoms with E-state index in [-0.39, 0.29) is 16.9 Å². The molecular formula is C17H15BrN4O2S. The monoisotopic (exact) mass is 418 g/mol. The third-order valence-electron chi connectivity index (χ3n) is 3.39. The second kappa shape index (κ2) is 7.71. The number of aromatic hydroxyl groups is 1. The molecule has 8 heteroatoms. The van der Waals surface area contributed by atoms with E-state index in [1.165, 1.54) is 18.0 Å². The predicted molar refractivity (Wildman–Crippen MR) is 103 cm³/mol. The Balaban J connectivity index is 1.60. The summed E-state index contributed by atoms with van der Waals surface area (Å²) < 4.78 is 0.812. The lowest BCUT2D eigenvalue weighted by molar-refractivity contribution is -0.120. The first-order chi connectivity index (χ1) is 12.0. The van der Waals surface area contributed by atoms with Crippen LogP contribution >= 0.6 is 27.7 Å². The van der Waals surface area contributed by atoms with Crippen molar-refractivity contribution < 1.29 is 9.90 Å². The molecule has 0 aliphatic rings. The van der Waals surface area contributed by atoms with Gasteiger partial charge < -0.3 is 10.1 Å². The third kappa shape index (κ3) is 4.40. The van der Waals surface area contributed by atoms with Gasteiger partial charge in [0.15, 0.2) is 5.16 Å². The van der Waals surface area contributed by atoms with Crippen molar-refractivity contribution in [2.24, 2.45) is 5.10 Å². The van der Waals surface area contributed by atoms with Crippen LogP contribution in [0.15, 0.2) is 57.2 Å². The smallest absolute Gasteiger partial charge is 0.253 e. The number of fused-ring (bicyclic) bond motifs is 1. The largest absolute Gasteiger partial charge is 0.507 e. The quantitative estimate of drug-likeness (QED) is 0.335. The van der Waals surface area contributed by atoms with Crippen molar-refractivity contribution in [2.45, 2.75) is 17.3 Å². The molecule has 0 aliphatic carbocycles. The summed E-state index contributed by atoms with van der Waals surface area (Å²) in [5, 5.41) is 13.9. The normalized spacial score (nSPS) is 12.6. The average molecular weight is 419 g/mol. The number of carbonyl (C=O) groups is 1. The lowest BCUT2D eigenvalue weighted by Crippen LogP contribution is -2.26. The average Bonchev–Trinajstić information content (AvgIpc) is 3.00. The molecule has 0 spiro atoms. The number of benzene rings is 2. The van der Waals surface area contributed by atoms with Gasteiger partial charge in [0.2, 0.25) is 0 Å². The number of nitrogens with zero attached hydrogens (tertiary/aromatic N) is 2. The van der Waals surface area contributed by atoms with Crippen molar-refractivity contribution in [2.75, 3.05) is 0 Å². The van der Waals surface area contributed by atoms with Crippen molar-refractivity contribution in [3.05, 3.63) is 52.5 Å². The Morgan fingerprint density at radius 3 is 3.00 bits per heavy atom. The van der Waals surface area contributed by atoms with E-state index in [1.54, 1.807) is 25.1 Å². The summed E-state index contributed by atoms with van der Waals surface area (Å²) in [6.07, 6.45) is 1.40. The molecule has 6 nitrogen and oxygen atoms in total. The minimum absolute atomic E-state index is 0.0888. The van der Waals surface area contributed by atoms with E-state index in [4.69, 9.17) is 0 Å². The minimum atomic E-state index is -0.381. The molecule has 1 aromatic heterocycles. The van der Waals surface area contributed by atoms with Crippen LogP contribution in [0.5, 0.6) is 5.75 Å². The van der Waals surface area contributed by atoms with Crippen LogP contribution < -0.4 is 5.43 Å². The summed E-state index contributed by atoms with van der Waals surface area (Å²) >= 11 is 4.64. The first-order valence-electron chi connectivity index (χ1n) is 7.46. The number of phenols is 1. The molecule has 0 bridgehead atoms. The van der Waals surface area contributed by atoms with Gasteiger partial charge in [-0.3, -0.25) is 4.79 Å². The molecule has 0 unspecified atom stereocenters. The molecule has 0 saturated carbocycles. The zero-order valence-corrected chi connectivity index (χ0v) is 15.6. The van der Waals surface area contributed by atoms with Crippen LogP contribution in [0.25, 0.3) is 11.0 Å². The molecule has 3 aromatic rings. The van der Waals surface area contributed by atoms with Crippen molar-refractivity contribution in [3.63, 3.8) is 0 Å². The van der Waals surface area contributed by atoms with E-state index in [0.29, 0.717) is 10.7 Å². The van der Waals surface area contributed by atoms with Gasteiger partial charge in [0.25, 0.3) is 5.91 Å². The molecule has 0 saturated heterocycles. The van der Waals surface area contributed by atoms with Gasteiger partial charge in [0.1, 0.15) is 5.75 Å². The van der Waals surface area contributed by atoms with E-state index in [1.807, 2.05) is 24.3 Å². The molecule has 2 aromatic carbocycles. The SMILES string of the molecule is C[C@H](Sc1nc2ccccc2[nH]1)C(=O)NN=Cc1cc(Br)ccc1O. The Kier molecular flexibility index (Phi) is 5.40. The van der Waals surface area contributed by atoms with Crippen molar-refractivity contribution in [3.8, 4) is 5.75 Å². The van der Waals surface area contributed by atoms with E-state index in [9.17, 15) is 9.90 Å². The zero-order valence-electron chi connectivity index (χ0n) is 13.2. The van der Waals surface area contributed by atoms with Gasteiger partial charge in [-0.25, -0.2) is 10.4 Å². The number of phenolic OH excluding ortho intramolecular Hbond substituents is 1. The highest BCUT2D eigenvalue weighted by molar-refractivity contribution is 9.10. The van der Waals surface area contributed by atoms with Crippen LogP contribution in [0.2, 0.25) is 0 Å². The van der Waals surface area contributed by atoms with Crippen LogP contribution in [0.4, 0.5) is 0 Å². The van der Waals surface area contributed by atoms with Crippen LogP contribution in [0.1, 0.15) is 12.5 Å². The fraction of sp³-hybridized carbons (Fsp3) is 0.118. The van der Waals surface area contributed by atoms with E-state index >= 15 is 0 Å². The number of nitrogens with one attached hydrogen (secondary N) is 2. The standard InChI is InChI=1S/C17H15BrN4O2S/c1-10(25-17-20-13-4-2-3-5-14(13)21-17)16(24)22-19-9-11-8-12(18)6-7-15(11)23/h2-10,23H,1H3,(H,20,21)(H,22,24)/t10-/m0/s1. The van der Waals surface area contributed by atoms with Crippen LogP contribution in [0.3, 0.4) is 0 Å². The van der Waals surface area contributed by atoms with Crippen LogP contribution in [-0.4, -0.2) is 32.4 Å². The number of thioether (sulfide) groups is 1. The highest BCUT2D eigenvalue weighted by atomic mass is 79.9. The number of hydrogen-bond acceptors (Lipinski definition) is 5. The fourth-order valence-corrected chi connectivity index (χ4v) is 3.28. The van der Waals surface area contributed by atoms with Gasteiger partial charge in [-0.1, -0.05) is 39.8 Å². The molecule has 1 amide bonds. The molecule has 0 radical (unpaired) electrons. The van der Waals surface area contributed by atoms with Crippen molar-refractivity contribution in [1.29, 1.82) is 0 Å². The van der Waals surface area contributed by atoms with E-state index < -0.39 is 0 Å². The molecule has 3 N–H and O–H groups in total. The molecule has 0 fully saturated rings. The van der Waals surface area contributed by atoms with Gasteiger partial charge in [-0.2, -0.15) is 5.10 Å². The number of H-pyrrole nitrogens is 1. The first kappa shape index (κ1) is 17.5. The van der Waals surface area contributed by atoms with Crippen LogP contribution in [-0.2, 0) is 4.79 Å². The molecular weight excluding hydrogens is 404 g/mol. The summed E-state index contributed by atoms with van der Waals surface area (Å²) in [5.41, 5.74) is 4.77. The number of hydrazone groups is 1. The third-order valence-corrected chi connectivity index (χ3v) is 4.87. The van der Waals surface area contributed by atoms with Gasteiger partial charge in [0, 0.05) is 10.0 Å². The number of amides is 1. The number of para-hydroxylation sites is 2. The highest BCUT2D eigenvalue weighted by Gasteiger charge is 2.16. The molecule has 3 rings (SSSR count). The Bertz CT molecular complexity index is 908. The number of aromatic nitrogens is 2. The highest BCUT2D eigenvalue weighted by Crippen LogP contribution is 2.23. The number of imidazole rings is 1. The van der Waals surface area contributed by atoms with Gasteiger partial charge in [0.05, 0.1) is 22.5 Å². The minimum Gasteiger partial charge on any atom is -0.507 e. The fourth-order valence-electron chi connectivity index (χ4n) is 2.09. The second-order valence-electron chi connectivity index (χ2n) is 5.26. The topological polar surface area (TPSA) is 90.4 Å². The molecule has 1 atom stereocenters. The van der Waals surface area contributed by atoms with Gasteiger partial charge in [-0.05, 0) is 37.3 Å². The Hall–Kier alpha value is -2.32. The summed E-state index contributed by atoms with van der Waals surface area (Å²) in [7, 11) is 0. The summed E-state index contributed by atoms with van der Waals surface area (Å²) in [4.78, 5) is 19.8. The molecule has 1 heterocycles. The lowest BCUT2D eigenvalue weighted by atomic mass is 10.2. The summed E-state index contributed by atoms with van der Waals surface area (Å²) in [6, 6.07) is 12.7. The van der Waals surface area contributed by atoms with E-state index in [0.717, 1.165) is 15.5 Å². The maximum atomic E-state index is 12.1. The van der Waals surface area contributed by atoms with E-state index in [2.05, 4.69) is 36.4 Å². The number of rotatable bonds is 5. The summed E-state index contributed by atoms with van der Waals surface area (Å²) in [6.45, 7) is 1.78. The maximum Gasteiger partial charge on any atom is 0.253 e. The van der Waals surface area contributed by atoms with Crippen molar-refractivity contribution >= 4 is 50.8 Å². The number of hydrogen-bond donors (Lipinski definition) is 3. The number of aromatic amines is 1. The molecule has 25 heavy (non-hydrogen) atoms. The number of halogens is 1. The molecule has 128 valence electrons. The second-order valence-corrected chi connectivity index (χ2v) is 7.50. The first-order valence-corrected chi connectivity index (χ1v) is 9.13. The Morgan fingerprint density at radius 1 is 1.40 bits per heavy atom. The Morgan fingerprint density at radius 2 is 2.20 bits per heavy atom. The number of carbonyl (C=O) groups excluding carboxylic acids is 1. The van der Waals surface area contributed by atoms with Gasteiger partial charge >= 0.3 is 0 Å². The van der Waals surface area contributed by atoms with Gasteiger partial charge in [-0.15, -0.1) is 0 Å². The predicted octanol–water partition coefficient (Wildman–Crippen LogP) is 3.66. The zero-order chi connectivity index (χ0) is 17.8. The Labute approximate surface area is 156 Å². The lowest BCUT2D eigenvalue weighted by Gasteiger charge is -2.07. The maximum absolute atomic E-state index is 12.1. The van der Waals surface area contributed by atoms with Crippen LogP contribution in [0, 0.1) is 0 Å². The van der Waals surface area contributed by atoms with Crippen molar-refractivity contribution in [1.82, 2.24) is 15.4 Å². The summed E-state index contributed by atoms with van der Waals surface area (Å²) in [5.74, 6) is -0.165. The molecule has 0 aliphatic heterocycles.